The summed E-state index contributed by atoms with van der Waals surface area (Å²) < 4.78 is 8.11. The van der Waals surface area contributed by atoms with Crippen LogP contribution >= 0.6 is 59.4 Å². The normalized spacial score (nSPS) is 10.7. The lowest BCUT2D eigenvalue weighted by Crippen LogP contribution is -1.93. The van der Waals surface area contributed by atoms with Gasteiger partial charge in [-0.1, -0.05) is 21.0 Å². The highest BCUT2D eigenvalue weighted by atomic mass is 79.9. The number of aryl methyl sites for hydroxylation is 1. The Balaban J connectivity index is 2.22. The summed E-state index contributed by atoms with van der Waals surface area (Å²) in [4.78, 5) is 0. The summed E-state index contributed by atoms with van der Waals surface area (Å²) in [5.41, 5.74) is 0.819. The molecule has 0 spiro atoms. The molecule has 2 rings (SSSR count). The van der Waals surface area contributed by atoms with E-state index in [1.54, 1.807) is 0 Å². The summed E-state index contributed by atoms with van der Waals surface area (Å²) in [7, 11) is 0. The lowest BCUT2D eigenvalue weighted by atomic mass is 10.3. The van der Waals surface area contributed by atoms with E-state index >= 15 is 0 Å². The minimum Gasteiger partial charge on any atom is -0.408 e. The van der Waals surface area contributed by atoms with Crippen LogP contribution in [0, 0.1) is 0 Å². The first-order chi connectivity index (χ1) is 8.60. The Morgan fingerprint density at radius 2 is 1.83 bits per heavy atom. The van der Waals surface area contributed by atoms with E-state index < -0.39 is 0 Å². The highest BCUT2D eigenvalue weighted by molar-refractivity contribution is 9.11. The highest BCUT2D eigenvalue weighted by Gasteiger charge is 2.11. The maximum absolute atomic E-state index is 5.60. The molecule has 0 unspecified atom stereocenters. The third-order valence-electron chi connectivity index (χ3n) is 2.01. The Morgan fingerprint density at radius 3 is 2.44 bits per heavy atom. The van der Waals surface area contributed by atoms with Gasteiger partial charge < -0.3 is 9.73 Å². The molecule has 0 aliphatic rings. The number of nitrogens with one attached hydrogen (secondary N) is 1. The molecule has 1 aromatic carbocycles. The Morgan fingerprint density at radius 1 is 1.17 bits per heavy atom. The molecule has 4 nitrogen and oxygen atoms in total. The molecule has 2 aromatic rings. The first kappa shape index (κ1) is 14.3. The van der Waals surface area contributed by atoms with E-state index in [4.69, 9.17) is 16.0 Å². The first-order valence-electron chi connectivity index (χ1n) is 4.90. The number of alkyl halides is 1. The Hall–Kier alpha value is -0.110. The SMILES string of the molecule is ClCCc1nnc(Nc2c(Br)cc(Br)cc2Br)o1. The topological polar surface area (TPSA) is 51.0 Å². The van der Waals surface area contributed by atoms with E-state index in [9.17, 15) is 0 Å². The maximum atomic E-state index is 5.60. The van der Waals surface area contributed by atoms with E-state index in [-0.39, 0.29) is 0 Å². The molecule has 1 N–H and O–H groups in total. The Bertz CT molecular complexity index is 538. The Labute approximate surface area is 134 Å². The minimum absolute atomic E-state index is 0.332. The van der Waals surface area contributed by atoms with E-state index in [1.165, 1.54) is 0 Å². The number of hydrogen-bond donors (Lipinski definition) is 1. The molecule has 18 heavy (non-hydrogen) atoms. The number of anilines is 2. The van der Waals surface area contributed by atoms with Crippen molar-refractivity contribution < 1.29 is 4.42 Å². The highest BCUT2D eigenvalue weighted by Crippen LogP contribution is 2.35. The van der Waals surface area contributed by atoms with E-state index in [0.29, 0.717) is 24.2 Å². The average Bonchev–Trinajstić information content (AvgIpc) is 2.72. The van der Waals surface area contributed by atoms with Crippen LogP contribution in [0.2, 0.25) is 0 Å². The summed E-state index contributed by atoms with van der Waals surface area (Å²) in [6.45, 7) is 0. The van der Waals surface area contributed by atoms with Crippen LogP contribution in [0.3, 0.4) is 0 Å². The molecule has 1 aromatic heterocycles. The van der Waals surface area contributed by atoms with Crippen molar-refractivity contribution in [1.29, 1.82) is 0 Å². The molecule has 8 heteroatoms. The van der Waals surface area contributed by atoms with Gasteiger partial charge in [0.05, 0.1) is 5.69 Å². The van der Waals surface area contributed by atoms with Crippen LogP contribution in [0.5, 0.6) is 0 Å². The van der Waals surface area contributed by atoms with Crippen molar-refractivity contribution in [2.45, 2.75) is 6.42 Å². The molecule has 1 heterocycles. The van der Waals surface area contributed by atoms with Crippen LogP contribution in [0.1, 0.15) is 5.89 Å². The van der Waals surface area contributed by atoms with Crippen LogP contribution in [-0.2, 0) is 6.42 Å². The van der Waals surface area contributed by atoms with Gasteiger partial charge in [-0.3, -0.25) is 0 Å². The van der Waals surface area contributed by atoms with Crippen LogP contribution in [0.25, 0.3) is 0 Å². The number of halogens is 4. The molecule has 0 fully saturated rings. The fourth-order valence-corrected chi connectivity index (χ4v) is 3.87. The van der Waals surface area contributed by atoms with Gasteiger partial charge in [-0.25, -0.2) is 0 Å². The molecule has 0 radical (unpaired) electrons. The van der Waals surface area contributed by atoms with Gasteiger partial charge in [-0.15, -0.1) is 16.7 Å². The fourth-order valence-electron chi connectivity index (χ4n) is 1.25. The molecule has 0 bridgehead atoms. The monoisotopic (exact) mass is 457 g/mol. The predicted octanol–water partition coefficient (Wildman–Crippen LogP) is 4.88. The maximum Gasteiger partial charge on any atom is 0.320 e. The number of rotatable bonds is 4. The van der Waals surface area contributed by atoms with Crippen LogP contribution in [0.4, 0.5) is 11.7 Å². The van der Waals surface area contributed by atoms with Crippen LogP contribution < -0.4 is 5.32 Å². The average molecular weight is 460 g/mol. The first-order valence-corrected chi connectivity index (χ1v) is 7.81. The van der Waals surface area contributed by atoms with Crippen molar-refractivity contribution >= 4 is 71.1 Å². The Kier molecular flexibility index (Phi) is 5.06. The fraction of sp³-hybridized carbons (Fsp3) is 0.200. The van der Waals surface area contributed by atoms with Crippen molar-refractivity contribution in [3.05, 3.63) is 31.4 Å². The lowest BCUT2D eigenvalue weighted by molar-refractivity contribution is 0.516. The number of benzene rings is 1. The molecule has 0 atom stereocenters. The largest absolute Gasteiger partial charge is 0.408 e. The van der Waals surface area contributed by atoms with Crippen molar-refractivity contribution in [1.82, 2.24) is 10.2 Å². The van der Waals surface area contributed by atoms with E-state index in [2.05, 4.69) is 63.3 Å². The third-order valence-corrected chi connectivity index (χ3v) is 3.91. The van der Waals surface area contributed by atoms with Gasteiger partial charge >= 0.3 is 6.01 Å². The zero-order valence-corrected chi connectivity index (χ0v) is 14.4. The van der Waals surface area contributed by atoms with Gasteiger partial charge in [0.1, 0.15) is 0 Å². The van der Waals surface area contributed by atoms with Gasteiger partial charge in [0.2, 0.25) is 5.89 Å². The van der Waals surface area contributed by atoms with Gasteiger partial charge in [0.25, 0.3) is 0 Å². The molecular weight excluding hydrogens is 453 g/mol. The second-order valence-corrected chi connectivity index (χ2v) is 6.31. The van der Waals surface area contributed by atoms with E-state index in [0.717, 1.165) is 19.1 Å². The van der Waals surface area contributed by atoms with Gasteiger partial charge in [-0.2, -0.15) is 0 Å². The number of hydrogen-bond acceptors (Lipinski definition) is 4. The van der Waals surface area contributed by atoms with Gasteiger partial charge in [-0.05, 0) is 44.0 Å². The van der Waals surface area contributed by atoms with Crippen LogP contribution in [0.15, 0.2) is 30.0 Å². The molecule has 0 saturated heterocycles. The van der Waals surface area contributed by atoms with E-state index in [1.807, 2.05) is 12.1 Å². The van der Waals surface area contributed by atoms with Crippen LogP contribution in [-0.4, -0.2) is 16.1 Å². The van der Waals surface area contributed by atoms with Crippen molar-refractivity contribution in [3.8, 4) is 0 Å². The quantitative estimate of drug-likeness (QED) is 0.661. The molecule has 0 aliphatic heterocycles. The second-order valence-electron chi connectivity index (χ2n) is 3.31. The summed E-state index contributed by atoms with van der Waals surface area (Å²) >= 11 is 15.9. The smallest absolute Gasteiger partial charge is 0.320 e. The van der Waals surface area contributed by atoms with Gasteiger partial charge in [0.15, 0.2) is 0 Å². The van der Waals surface area contributed by atoms with Crippen molar-refractivity contribution in [3.63, 3.8) is 0 Å². The molecule has 0 aliphatic carbocycles. The summed E-state index contributed by atoms with van der Waals surface area (Å²) in [6.07, 6.45) is 0.554. The lowest BCUT2D eigenvalue weighted by Gasteiger charge is -2.07. The standard InChI is InChI=1S/C10H7Br3ClN3O/c11-5-3-6(12)9(7(13)4-5)15-10-17-16-8(18-10)1-2-14/h3-4H,1-2H2,(H,15,17). The molecule has 0 saturated carbocycles. The molecule has 96 valence electrons. The molecular formula is C10H7Br3ClN3O. The zero-order chi connectivity index (χ0) is 13.1. The third kappa shape index (κ3) is 3.46. The zero-order valence-electron chi connectivity index (χ0n) is 8.88. The van der Waals surface area contributed by atoms with Crippen molar-refractivity contribution in [2.75, 3.05) is 11.2 Å². The summed E-state index contributed by atoms with van der Waals surface area (Å²) in [5, 5.41) is 10.8. The van der Waals surface area contributed by atoms with Crippen molar-refractivity contribution in [2.24, 2.45) is 0 Å². The molecule has 0 amide bonds. The van der Waals surface area contributed by atoms with Gasteiger partial charge in [0, 0.05) is 25.7 Å². The number of nitrogens with zero attached hydrogens (tertiary/aromatic N) is 2. The number of aromatic nitrogens is 2. The minimum atomic E-state index is 0.332. The summed E-state index contributed by atoms with van der Waals surface area (Å²) in [5.74, 6) is 0.963. The second kappa shape index (κ2) is 6.36. The summed E-state index contributed by atoms with van der Waals surface area (Å²) in [6, 6.07) is 4.17. The predicted molar refractivity (Wildman–Crippen MR) is 81.5 cm³/mol.